The molecule has 39 heavy (non-hydrogen) atoms. The van der Waals surface area contributed by atoms with Crippen LogP contribution in [-0.4, -0.2) is 46.7 Å². The number of sulfonamides is 1. The van der Waals surface area contributed by atoms with Gasteiger partial charge in [-0.15, -0.1) is 0 Å². The van der Waals surface area contributed by atoms with Gasteiger partial charge in [0, 0.05) is 40.6 Å². The van der Waals surface area contributed by atoms with Gasteiger partial charge in [-0.1, -0.05) is 72.3 Å². The smallest absolute Gasteiger partial charge is 0.245 e. The van der Waals surface area contributed by atoms with Crippen molar-refractivity contribution in [1.82, 2.24) is 13.8 Å². The molecule has 1 amide bonds. The maximum absolute atomic E-state index is 14.0. The van der Waals surface area contributed by atoms with Crippen molar-refractivity contribution in [3.8, 4) is 0 Å². The monoisotopic (exact) mass is 609 g/mol. The van der Waals surface area contributed by atoms with Crippen molar-refractivity contribution in [2.24, 2.45) is 0 Å². The van der Waals surface area contributed by atoms with E-state index >= 15 is 0 Å². The van der Waals surface area contributed by atoms with E-state index in [1.54, 1.807) is 13.8 Å². The second-order valence-corrected chi connectivity index (χ2v) is 13.4. The molecule has 3 aromatic rings. The highest BCUT2D eigenvalue weighted by atomic mass is 35.5. The summed E-state index contributed by atoms with van der Waals surface area (Å²) in [6.07, 6.45) is 6.99. The fourth-order valence-electron chi connectivity index (χ4n) is 5.12. The number of rotatable bonds is 10. The molecular weight excluding hydrogens is 577 g/mol. The molecule has 10 heteroatoms. The van der Waals surface area contributed by atoms with Gasteiger partial charge in [0.2, 0.25) is 15.9 Å². The third-order valence-corrected chi connectivity index (χ3v) is 10.3. The van der Waals surface area contributed by atoms with Crippen LogP contribution in [-0.2, 0) is 27.9 Å². The summed E-state index contributed by atoms with van der Waals surface area (Å²) in [6, 6.07) is 15.6. The molecule has 1 aliphatic carbocycles. The Morgan fingerprint density at radius 1 is 0.974 bits per heavy atom. The maximum atomic E-state index is 14.0. The molecule has 1 aromatic heterocycles. The number of benzene rings is 2. The molecule has 0 unspecified atom stereocenters. The minimum Gasteiger partial charge on any atom is -0.345 e. The normalized spacial score (nSPS) is 14.7. The minimum absolute atomic E-state index is 0.0430. The van der Waals surface area contributed by atoms with Gasteiger partial charge in [0.1, 0.15) is 4.90 Å². The first-order valence-corrected chi connectivity index (χ1v) is 15.8. The van der Waals surface area contributed by atoms with E-state index in [4.69, 9.17) is 34.8 Å². The summed E-state index contributed by atoms with van der Waals surface area (Å²) >= 11 is 18.8. The molecule has 1 aliphatic rings. The van der Waals surface area contributed by atoms with Gasteiger partial charge in [-0.3, -0.25) is 4.79 Å². The number of carbonyl (C=O) groups is 1. The zero-order chi connectivity index (χ0) is 28.2. The van der Waals surface area contributed by atoms with Crippen molar-refractivity contribution < 1.29 is 13.2 Å². The first-order chi connectivity index (χ1) is 18.6. The summed E-state index contributed by atoms with van der Waals surface area (Å²) in [4.78, 5) is 15.7. The van der Waals surface area contributed by atoms with Gasteiger partial charge in [0.05, 0.1) is 18.1 Å². The molecule has 0 spiro atoms. The van der Waals surface area contributed by atoms with Crippen LogP contribution in [0.5, 0.6) is 0 Å². The molecular formula is C29H34Cl3N3O3S. The second-order valence-electron chi connectivity index (χ2n) is 10.3. The van der Waals surface area contributed by atoms with Crippen LogP contribution < -0.4 is 0 Å². The van der Waals surface area contributed by atoms with E-state index in [9.17, 15) is 13.2 Å². The Morgan fingerprint density at radius 2 is 1.69 bits per heavy atom. The lowest BCUT2D eigenvalue weighted by Gasteiger charge is -2.36. The van der Waals surface area contributed by atoms with E-state index in [0.29, 0.717) is 18.1 Å². The first kappa shape index (κ1) is 29.9. The molecule has 0 bridgehead atoms. The largest absolute Gasteiger partial charge is 0.345 e. The Labute approximate surface area is 246 Å². The van der Waals surface area contributed by atoms with Gasteiger partial charge in [-0.05, 0) is 68.7 Å². The lowest BCUT2D eigenvalue weighted by Crippen LogP contribution is -2.49. The summed E-state index contributed by atoms with van der Waals surface area (Å²) in [5.74, 6) is -0.234. The Bertz CT molecular complexity index is 1400. The van der Waals surface area contributed by atoms with E-state index in [0.717, 1.165) is 43.4 Å². The molecule has 1 fully saturated rings. The van der Waals surface area contributed by atoms with Crippen LogP contribution in [0.3, 0.4) is 0 Å². The number of aromatic nitrogens is 1. The fourth-order valence-corrected chi connectivity index (χ4v) is 7.64. The number of hydrogen-bond acceptors (Lipinski definition) is 3. The highest BCUT2D eigenvalue weighted by Gasteiger charge is 2.34. The third kappa shape index (κ3) is 7.19. The summed E-state index contributed by atoms with van der Waals surface area (Å²) in [5, 5.41) is 1.02. The number of carbonyl (C=O) groups excluding carboxylic acids is 1. The van der Waals surface area contributed by atoms with Gasteiger partial charge < -0.3 is 9.47 Å². The Balaban J connectivity index is 1.62. The first-order valence-electron chi connectivity index (χ1n) is 13.2. The molecule has 6 nitrogen and oxygen atoms in total. The molecule has 0 N–H and O–H groups in total. The maximum Gasteiger partial charge on any atom is 0.245 e. The van der Waals surface area contributed by atoms with Crippen LogP contribution in [0, 0.1) is 0 Å². The highest BCUT2D eigenvalue weighted by molar-refractivity contribution is 7.89. The minimum atomic E-state index is -4.08. The van der Waals surface area contributed by atoms with Crippen molar-refractivity contribution in [3.63, 3.8) is 0 Å². The molecule has 2 aromatic carbocycles. The van der Waals surface area contributed by atoms with Crippen molar-refractivity contribution >= 4 is 50.7 Å². The van der Waals surface area contributed by atoms with Gasteiger partial charge in [0.25, 0.3) is 0 Å². The van der Waals surface area contributed by atoms with E-state index in [-0.39, 0.29) is 33.4 Å². The van der Waals surface area contributed by atoms with Crippen LogP contribution in [0.25, 0.3) is 0 Å². The lowest BCUT2D eigenvalue weighted by molar-refractivity contribution is -0.135. The predicted molar refractivity (Wildman–Crippen MR) is 158 cm³/mol. The third-order valence-electron chi connectivity index (χ3n) is 7.24. The van der Waals surface area contributed by atoms with E-state index < -0.39 is 16.1 Å². The topological polar surface area (TPSA) is 62.6 Å². The molecule has 0 saturated heterocycles. The van der Waals surface area contributed by atoms with Crippen LogP contribution in [0.15, 0.2) is 65.7 Å². The van der Waals surface area contributed by atoms with Gasteiger partial charge >= 0.3 is 0 Å². The summed E-state index contributed by atoms with van der Waals surface area (Å²) < 4.78 is 30.7. The summed E-state index contributed by atoms with van der Waals surface area (Å²) in [7, 11) is -4.08. The van der Waals surface area contributed by atoms with Crippen LogP contribution in [0.4, 0.5) is 0 Å². The second kappa shape index (κ2) is 13.1. The molecule has 0 atom stereocenters. The average Bonchev–Trinajstić information content (AvgIpc) is 3.35. The standard InChI is InChI=1S/C29H34Cl3N3O3S/c1-21(2)35(39(37,38)28-17-23(30)14-15-27(28)32)20-29(36)34(24-10-4-3-5-11-24)19-25-12-8-16-33(25)18-22-9-6-7-13-26(22)31/h6-9,12-17,21,24H,3-5,10-11,18-20H2,1-2H3. The fraction of sp³-hybridized carbons (Fsp3) is 0.414. The molecule has 1 heterocycles. The van der Waals surface area contributed by atoms with Crippen molar-refractivity contribution in [2.75, 3.05) is 6.54 Å². The number of nitrogens with zero attached hydrogens (tertiary/aromatic N) is 3. The molecule has 0 radical (unpaired) electrons. The van der Waals surface area contributed by atoms with E-state index in [1.807, 2.05) is 47.5 Å². The number of hydrogen-bond donors (Lipinski definition) is 0. The Morgan fingerprint density at radius 3 is 2.38 bits per heavy atom. The Hall–Kier alpha value is -2.03. The molecule has 4 rings (SSSR count). The zero-order valence-electron chi connectivity index (χ0n) is 22.2. The summed E-state index contributed by atoms with van der Waals surface area (Å²) in [5.41, 5.74) is 1.95. The Kier molecular flexibility index (Phi) is 10.0. The molecule has 210 valence electrons. The summed E-state index contributed by atoms with van der Waals surface area (Å²) in [6.45, 7) is 4.18. The lowest BCUT2D eigenvalue weighted by atomic mass is 9.94. The van der Waals surface area contributed by atoms with Gasteiger partial charge in [-0.2, -0.15) is 4.31 Å². The number of halogens is 3. The van der Waals surface area contributed by atoms with Crippen LogP contribution >= 0.6 is 34.8 Å². The number of amides is 1. The molecule has 1 saturated carbocycles. The average molecular weight is 611 g/mol. The van der Waals surface area contributed by atoms with Crippen molar-refractivity contribution in [2.45, 2.75) is 76.0 Å². The van der Waals surface area contributed by atoms with Crippen molar-refractivity contribution in [3.05, 3.63) is 87.1 Å². The van der Waals surface area contributed by atoms with E-state index in [1.165, 1.54) is 22.5 Å². The van der Waals surface area contributed by atoms with Crippen LogP contribution in [0.2, 0.25) is 15.1 Å². The zero-order valence-corrected chi connectivity index (χ0v) is 25.3. The SMILES string of the molecule is CC(C)N(CC(=O)N(Cc1cccn1Cc1ccccc1Cl)C1CCCCC1)S(=O)(=O)c1cc(Cl)ccc1Cl. The van der Waals surface area contributed by atoms with Gasteiger partial charge in [-0.25, -0.2) is 8.42 Å². The highest BCUT2D eigenvalue weighted by Crippen LogP contribution is 2.30. The predicted octanol–water partition coefficient (Wildman–Crippen LogP) is 7.26. The van der Waals surface area contributed by atoms with Crippen molar-refractivity contribution in [1.29, 1.82) is 0 Å². The quantitative estimate of drug-likeness (QED) is 0.243. The van der Waals surface area contributed by atoms with Crippen LogP contribution in [0.1, 0.15) is 57.2 Å². The van der Waals surface area contributed by atoms with Gasteiger partial charge in [0.15, 0.2) is 0 Å². The van der Waals surface area contributed by atoms with E-state index in [2.05, 4.69) is 4.57 Å². The molecule has 0 aliphatic heterocycles.